The Morgan fingerprint density at radius 1 is 1.10 bits per heavy atom. The van der Waals surface area contributed by atoms with Crippen LogP contribution in [0.1, 0.15) is 78.0 Å². The maximum absolute atomic E-state index is 14.2. The number of hydrazine groups is 1. The topological polar surface area (TPSA) is 151 Å². The highest BCUT2D eigenvalue weighted by Gasteiger charge is 2.34. The third-order valence-electron chi connectivity index (χ3n) is 10.9. The van der Waals surface area contributed by atoms with Gasteiger partial charge in [-0.05, 0) is 90.3 Å². The molecule has 0 bridgehead atoms. The molecule has 5 aromatic rings. The molecule has 0 saturated carbocycles. The Kier molecular flexibility index (Phi) is 16.5. The van der Waals surface area contributed by atoms with Gasteiger partial charge >= 0.3 is 0 Å². The normalized spacial score (nSPS) is 14.0. The zero-order valence-corrected chi connectivity index (χ0v) is 38.0. The summed E-state index contributed by atoms with van der Waals surface area (Å²) in [6, 6.07) is 12.2. The zero-order chi connectivity index (χ0) is 44.3. The van der Waals surface area contributed by atoms with Crippen LogP contribution in [0.3, 0.4) is 0 Å². The van der Waals surface area contributed by atoms with E-state index in [-0.39, 0.29) is 36.5 Å². The second-order valence-electron chi connectivity index (χ2n) is 16.4. The predicted octanol–water partition coefficient (Wildman–Crippen LogP) is 7.78. The van der Waals surface area contributed by atoms with Crippen LogP contribution < -0.4 is 15.6 Å². The van der Waals surface area contributed by atoms with E-state index >= 15 is 0 Å². The highest BCUT2D eigenvalue weighted by molar-refractivity contribution is 7.13. The van der Waals surface area contributed by atoms with Crippen molar-refractivity contribution in [3.63, 3.8) is 0 Å². The maximum atomic E-state index is 14.2. The van der Waals surface area contributed by atoms with Crippen molar-refractivity contribution in [2.45, 2.75) is 99.4 Å². The number of benzene rings is 2. The summed E-state index contributed by atoms with van der Waals surface area (Å²) in [6.45, 7) is 17.3. The number of thiazole rings is 1. The van der Waals surface area contributed by atoms with Crippen LogP contribution >= 0.6 is 11.3 Å². The quantitative estimate of drug-likeness (QED) is 0.0746. The van der Waals surface area contributed by atoms with Gasteiger partial charge in [-0.25, -0.2) is 10.4 Å². The Hall–Kier alpha value is -5.31. The van der Waals surface area contributed by atoms with Gasteiger partial charge in [0.25, 0.3) is 12.4 Å². The molecule has 3 N–H and O–H groups in total. The third-order valence-corrected chi connectivity index (χ3v) is 11.8. The smallest absolute Gasteiger partial charge is 0.293 e. The molecule has 61 heavy (non-hydrogen) atoms. The number of fused-ring (bicyclic) bond motifs is 1. The number of carbonyl (C=O) groups is 3. The molecule has 4 heterocycles. The number of aromatic hydroxyl groups is 1. The molecule has 0 aliphatic carbocycles. The van der Waals surface area contributed by atoms with Crippen molar-refractivity contribution in [1.29, 1.82) is 0 Å². The SMILES string of the molecule is CC.CCn1c(-c2cnccc2COC)c(CC(C)(C)COC=O)c2cc(-c3cc(O)cc(CC(NC(=O)C(C(C)C)N(C)c4nccs4)C(=O)N4CCCCN4)c3)ccc21. The number of hydrogen-bond acceptors (Lipinski definition) is 11. The van der Waals surface area contributed by atoms with Gasteiger partial charge in [0.2, 0.25) is 5.91 Å². The number of likely N-dealkylation sites (N-methyl/N-ethyl adjacent to an activating group) is 1. The summed E-state index contributed by atoms with van der Waals surface area (Å²) in [5.74, 6) is -0.526. The van der Waals surface area contributed by atoms with E-state index in [4.69, 9.17) is 9.47 Å². The van der Waals surface area contributed by atoms with E-state index < -0.39 is 17.5 Å². The first kappa shape index (κ1) is 46.8. The predicted molar refractivity (Wildman–Crippen MR) is 243 cm³/mol. The molecule has 328 valence electrons. The zero-order valence-electron chi connectivity index (χ0n) is 37.2. The fraction of sp³-hybridized carbons (Fsp3) is 0.468. The number of anilines is 1. The van der Waals surface area contributed by atoms with Gasteiger partial charge in [0, 0.05) is 86.1 Å². The maximum Gasteiger partial charge on any atom is 0.293 e. The van der Waals surface area contributed by atoms with Crippen molar-refractivity contribution in [3.8, 4) is 28.1 Å². The summed E-state index contributed by atoms with van der Waals surface area (Å²) in [5, 5.41) is 19.6. The summed E-state index contributed by atoms with van der Waals surface area (Å²) >= 11 is 1.45. The third kappa shape index (κ3) is 11.2. The molecule has 2 atom stereocenters. The van der Waals surface area contributed by atoms with Crippen LogP contribution in [-0.2, 0) is 49.9 Å². The Morgan fingerprint density at radius 2 is 1.89 bits per heavy atom. The van der Waals surface area contributed by atoms with E-state index in [1.54, 1.807) is 36.6 Å². The van der Waals surface area contributed by atoms with Crippen molar-refractivity contribution < 1.29 is 29.0 Å². The highest BCUT2D eigenvalue weighted by Crippen LogP contribution is 2.41. The molecular formula is C47H63N7O6S. The van der Waals surface area contributed by atoms with Gasteiger partial charge in [0.05, 0.1) is 18.9 Å². The summed E-state index contributed by atoms with van der Waals surface area (Å²) in [7, 11) is 3.53. The molecule has 3 aromatic heterocycles. The van der Waals surface area contributed by atoms with Crippen molar-refractivity contribution in [2.24, 2.45) is 11.3 Å². The molecule has 0 spiro atoms. The van der Waals surface area contributed by atoms with Crippen LogP contribution in [0.15, 0.2) is 66.4 Å². The van der Waals surface area contributed by atoms with Crippen molar-refractivity contribution in [2.75, 3.05) is 38.8 Å². The first-order chi connectivity index (χ1) is 29.3. The summed E-state index contributed by atoms with van der Waals surface area (Å²) in [6.07, 6.45) is 7.94. The number of methoxy groups -OCH3 is 1. The lowest BCUT2D eigenvalue weighted by Crippen LogP contribution is -2.59. The molecule has 1 saturated heterocycles. The Balaban J connectivity index is 0.00000347. The number of nitrogens with one attached hydrogen (secondary N) is 2. The van der Waals surface area contributed by atoms with E-state index in [1.165, 1.54) is 11.3 Å². The van der Waals surface area contributed by atoms with E-state index in [2.05, 4.69) is 58.2 Å². The van der Waals surface area contributed by atoms with Crippen LogP contribution in [0.2, 0.25) is 0 Å². The van der Waals surface area contributed by atoms with Crippen molar-refractivity contribution in [3.05, 3.63) is 83.1 Å². The lowest BCUT2D eigenvalue weighted by Gasteiger charge is -2.34. The molecule has 1 aliphatic heterocycles. The lowest BCUT2D eigenvalue weighted by atomic mass is 9.84. The molecule has 14 heteroatoms. The first-order valence-electron chi connectivity index (χ1n) is 21.3. The second-order valence-corrected chi connectivity index (χ2v) is 17.3. The minimum absolute atomic E-state index is 0.0496. The van der Waals surface area contributed by atoms with Gasteiger partial charge in [-0.15, -0.1) is 11.3 Å². The number of phenols is 1. The fourth-order valence-corrected chi connectivity index (χ4v) is 8.92. The molecule has 13 nitrogen and oxygen atoms in total. The number of amides is 2. The van der Waals surface area contributed by atoms with Crippen LogP contribution in [0, 0.1) is 11.3 Å². The van der Waals surface area contributed by atoms with E-state index in [0.717, 1.165) is 57.3 Å². The van der Waals surface area contributed by atoms with Crippen LogP contribution in [0.4, 0.5) is 5.13 Å². The number of nitrogens with zero attached hydrogens (tertiary/aromatic N) is 5. The molecule has 1 aliphatic rings. The van der Waals surface area contributed by atoms with Gasteiger partial charge < -0.3 is 29.4 Å². The monoisotopic (exact) mass is 853 g/mol. The molecular weight excluding hydrogens is 791 g/mol. The van der Waals surface area contributed by atoms with Gasteiger partial charge in [-0.3, -0.25) is 24.4 Å². The lowest BCUT2D eigenvalue weighted by molar-refractivity contribution is -0.140. The number of hydrogen-bond donors (Lipinski definition) is 3. The number of phenolic OH excluding ortho intramolecular Hbond substituents is 1. The molecule has 2 amide bonds. The molecule has 6 rings (SSSR count). The van der Waals surface area contributed by atoms with Gasteiger partial charge in [0.1, 0.15) is 17.8 Å². The molecule has 0 radical (unpaired) electrons. The summed E-state index contributed by atoms with van der Waals surface area (Å²) < 4.78 is 13.2. The first-order valence-corrected chi connectivity index (χ1v) is 22.2. The summed E-state index contributed by atoms with van der Waals surface area (Å²) in [5.41, 5.74) is 10.3. The summed E-state index contributed by atoms with van der Waals surface area (Å²) in [4.78, 5) is 50.4. The number of ether oxygens (including phenoxy) is 2. The average molecular weight is 854 g/mol. The van der Waals surface area contributed by atoms with Gasteiger partial charge in [-0.1, -0.05) is 53.7 Å². The van der Waals surface area contributed by atoms with E-state index in [0.29, 0.717) is 49.8 Å². The van der Waals surface area contributed by atoms with E-state index in [9.17, 15) is 19.5 Å². The van der Waals surface area contributed by atoms with E-state index in [1.807, 2.05) is 69.4 Å². The van der Waals surface area contributed by atoms with Crippen LogP contribution in [0.5, 0.6) is 5.75 Å². The number of aromatic nitrogens is 3. The van der Waals surface area contributed by atoms with Gasteiger partial charge in [0.15, 0.2) is 5.13 Å². The molecule has 2 aromatic carbocycles. The number of aryl methyl sites for hydroxylation is 1. The van der Waals surface area contributed by atoms with Crippen LogP contribution in [-0.4, -0.2) is 88.9 Å². The number of carbonyl (C=O) groups excluding carboxylic acids is 3. The van der Waals surface area contributed by atoms with Crippen LogP contribution in [0.25, 0.3) is 33.3 Å². The Morgan fingerprint density at radius 3 is 2.54 bits per heavy atom. The van der Waals surface area contributed by atoms with Crippen molar-refractivity contribution in [1.82, 2.24) is 30.3 Å². The minimum atomic E-state index is -0.902. The standard InChI is InChI=1S/C45H57N7O6S.C2H6/c1-8-51-39-12-11-31(23-35(39)36(24-45(4,5)27-58-28-53)41(51)37-25-46-15-13-32(37)26-57-7)33-19-30(20-34(54)22-33)21-38(43(56)52-17-10-9-14-48-52)49-42(55)40(29(2)3)50(6)44-47-16-18-59-44;1-2/h11-13,15-16,18-20,22-23,25,28-29,38,40,48,54H,8-10,14,17,21,24,26-27H2,1-7H3,(H,49,55);1-2H3. The largest absolute Gasteiger partial charge is 0.508 e. The second kappa shape index (κ2) is 21.5. The molecule has 2 unspecified atom stereocenters. The Bertz CT molecular complexity index is 2230. The van der Waals surface area contributed by atoms with Gasteiger partial charge in [-0.2, -0.15) is 0 Å². The Labute approximate surface area is 364 Å². The molecule has 1 fully saturated rings. The minimum Gasteiger partial charge on any atom is -0.508 e. The fourth-order valence-electron chi connectivity index (χ4n) is 8.28. The number of pyridine rings is 1. The number of rotatable bonds is 18. The highest BCUT2D eigenvalue weighted by atomic mass is 32.1. The van der Waals surface area contributed by atoms with Crippen molar-refractivity contribution >= 4 is 45.7 Å². The average Bonchev–Trinajstić information content (AvgIpc) is 3.90.